The number of rotatable bonds is 4. The Labute approximate surface area is 115 Å². The number of likely N-dealkylation sites (tertiary alicyclic amines) is 1. The monoisotopic (exact) mass is 263 g/mol. The molecular weight excluding hydrogens is 241 g/mol. The molecule has 2 atom stereocenters. The van der Waals surface area contributed by atoms with Crippen LogP contribution < -0.4 is 10.2 Å². The fourth-order valence-corrected chi connectivity index (χ4v) is 2.93. The predicted octanol–water partition coefficient (Wildman–Crippen LogP) is 0.605. The summed E-state index contributed by atoms with van der Waals surface area (Å²) in [6.45, 7) is 6.46. The number of benzene rings is 1. The maximum Gasteiger partial charge on any atom is 0.492 e. The Morgan fingerprint density at radius 1 is 1.37 bits per heavy atom. The van der Waals surface area contributed by atoms with Gasteiger partial charge in [-0.3, -0.25) is 4.90 Å². The van der Waals surface area contributed by atoms with Crippen LogP contribution in [0.3, 0.4) is 0 Å². The number of hydrogen-bond donors (Lipinski definition) is 2. The molecule has 0 aromatic heterocycles. The van der Waals surface area contributed by atoms with E-state index in [0.29, 0.717) is 17.3 Å². The third-order valence-electron chi connectivity index (χ3n) is 3.87. The molecule has 1 fully saturated rings. The molecule has 0 aliphatic carbocycles. The van der Waals surface area contributed by atoms with E-state index in [1.165, 1.54) is 13.5 Å². The molecular formula is C14H22BNO3. The van der Waals surface area contributed by atoms with Gasteiger partial charge in [0, 0.05) is 24.6 Å². The summed E-state index contributed by atoms with van der Waals surface area (Å²) in [5, 5.41) is 18.8. The van der Waals surface area contributed by atoms with E-state index in [2.05, 4.69) is 18.7 Å². The minimum atomic E-state index is -1.50. The summed E-state index contributed by atoms with van der Waals surface area (Å²) in [5.41, 5.74) is 1.52. The zero-order valence-electron chi connectivity index (χ0n) is 11.8. The van der Waals surface area contributed by atoms with Crippen LogP contribution in [-0.2, 0) is 6.54 Å². The Morgan fingerprint density at radius 2 is 2.11 bits per heavy atom. The van der Waals surface area contributed by atoms with Crippen LogP contribution in [0.1, 0.15) is 25.8 Å². The standard InChI is InChI=1S/C14H22BNO3/c1-10-6-11(2)16(8-10)9-12-4-5-14(19-3)13(7-12)15(17)18/h4-5,7,10-11,17-18H,6,8-9H2,1-3H3. The molecule has 0 amide bonds. The van der Waals surface area contributed by atoms with Crippen LogP contribution in [0.15, 0.2) is 18.2 Å². The van der Waals surface area contributed by atoms with E-state index in [1.54, 1.807) is 6.07 Å². The van der Waals surface area contributed by atoms with Crippen molar-refractivity contribution in [1.82, 2.24) is 4.90 Å². The molecule has 2 rings (SSSR count). The van der Waals surface area contributed by atoms with Crippen LogP contribution in [0.25, 0.3) is 0 Å². The zero-order valence-corrected chi connectivity index (χ0v) is 11.8. The minimum Gasteiger partial charge on any atom is -0.497 e. The quantitative estimate of drug-likeness (QED) is 0.781. The van der Waals surface area contributed by atoms with E-state index in [1.807, 2.05) is 12.1 Å². The van der Waals surface area contributed by atoms with Crippen molar-refractivity contribution in [2.45, 2.75) is 32.9 Å². The lowest BCUT2D eigenvalue weighted by molar-refractivity contribution is 0.256. The average Bonchev–Trinajstić information content (AvgIpc) is 2.67. The zero-order chi connectivity index (χ0) is 14.0. The number of ether oxygens (including phenoxy) is 1. The average molecular weight is 263 g/mol. The van der Waals surface area contributed by atoms with Gasteiger partial charge in [0.05, 0.1) is 7.11 Å². The first-order valence-corrected chi connectivity index (χ1v) is 6.78. The van der Waals surface area contributed by atoms with Gasteiger partial charge in [-0.15, -0.1) is 0 Å². The topological polar surface area (TPSA) is 52.9 Å². The third kappa shape index (κ3) is 3.29. The van der Waals surface area contributed by atoms with E-state index in [-0.39, 0.29) is 0 Å². The molecule has 0 radical (unpaired) electrons. The van der Waals surface area contributed by atoms with Gasteiger partial charge < -0.3 is 14.8 Å². The number of methoxy groups -OCH3 is 1. The number of hydrogen-bond acceptors (Lipinski definition) is 4. The Hall–Kier alpha value is -1.04. The summed E-state index contributed by atoms with van der Waals surface area (Å²) >= 11 is 0. The fraction of sp³-hybridized carbons (Fsp3) is 0.571. The SMILES string of the molecule is COc1ccc(CN2CC(C)CC2C)cc1B(O)O. The molecule has 19 heavy (non-hydrogen) atoms. The predicted molar refractivity (Wildman–Crippen MR) is 76.5 cm³/mol. The lowest BCUT2D eigenvalue weighted by atomic mass is 9.78. The Kier molecular flexibility index (Phi) is 4.50. The molecule has 2 unspecified atom stereocenters. The molecule has 1 aromatic rings. The third-order valence-corrected chi connectivity index (χ3v) is 3.87. The first-order chi connectivity index (χ1) is 9.01. The highest BCUT2D eigenvalue weighted by Gasteiger charge is 2.26. The van der Waals surface area contributed by atoms with Crippen molar-refractivity contribution in [3.63, 3.8) is 0 Å². The first-order valence-electron chi connectivity index (χ1n) is 6.78. The molecule has 2 N–H and O–H groups in total. The highest BCUT2D eigenvalue weighted by molar-refractivity contribution is 6.59. The van der Waals surface area contributed by atoms with Gasteiger partial charge in [0.1, 0.15) is 5.75 Å². The molecule has 1 saturated heterocycles. The fourth-order valence-electron chi connectivity index (χ4n) is 2.93. The van der Waals surface area contributed by atoms with Crippen molar-refractivity contribution in [3.05, 3.63) is 23.8 Å². The van der Waals surface area contributed by atoms with Crippen LogP contribution in [0, 0.1) is 5.92 Å². The Morgan fingerprint density at radius 3 is 2.63 bits per heavy atom. The summed E-state index contributed by atoms with van der Waals surface area (Å²) in [6, 6.07) is 6.19. The van der Waals surface area contributed by atoms with Crippen LogP contribution in [-0.4, -0.2) is 41.8 Å². The van der Waals surface area contributed by atoms with E-state index in [0.717, 1.165) is 24.6 Å². The van der Waals surface area contributed by atoms with E-state index in [9.17, 15) is 10.0 Å². The maximum atomic E-state index is 9.38. The summed E-state index contributed by atoms with van der Waals surface area (Å²) in [7, 11) is 0.0373. The largest absolute Gasteiger partial charge is 0.497 e. The van der Waals surface area contributed by atoms with Crippen molar-refractivity contribution >= 4 is 12.6 Å². The maximum absolute atomic E-state index is 9.38. The smallest absolute Gasteiger partial charge is 0.492 e. The summed E-state index contributed by atoms with van der Waals surface area (Å²) in [6.07, 6.45) is 1.23. The molecule has 0 saturated carbocycles. The Bertz CT molecular complexity index is 439. The van der Waals surface area contributed by atoms with Gasteiger partial charge in [0.15, 0.2) is 0 Å². The highest BCUT2D eigenvalue weighted by Crippen LogP contribution is 2.24. The molecule has 0 bridgehead atoms. The van der Waals surface area contributed by atoms with Gasteiger partial charge in [-0.25, -0.2) is 0 Å². The number of nitrogens with zero attached hydrogens (tertiary/aromatic N) is 1. The molecule has 5 heteroatoms. The normalized spacial score (nSPS) is 23.6. The lowest BCUT2D eigenvalue weighted by Gasteiger charge is -2.21. The van der Waals surface area contributed by atoms with Gasteiger partial charge in [-0.2, -0.15) is 0 Å². The van der Waals surface area contributed by atoms with Crippen molar-refractivity contribution < 1.29 is 14.8 Å². The molecule has 104 valence electrons. The van der Waals surface area contributed by atoms with E-state index in [4.69, 9.17) is 4.74 Å². The van der Waals surface area contributed by atoms with Gasteiger partial charge in [0.2, 0.25) is 0 Å². The van der Waals surface area contributed by atoms with Gasteiger partial charge in [0.25, 0.3) is 0 Å². The Balaban J connectivity index is 2.15. The van der Waals surface area contributed by atoms with Gasteiger partial charge in [-0.05, 0) is 30.9 Å². The summed E-state index contributed by atoms with van der Waals surface area (Å²) < 4.78 is 5.14. The van der Waals surface area contributed by atoms with Crippen molar-refractivity contribution in [3.8, 4) is 5.75 Å². The second-order valence-corrected chi connectivity index (χ2v) is 5.57. The molecule has 1 heterocycles. The van der Waals surface area contributed by atoms with Crippen LogP contribution in [0.4, 0.5) is 0 Å². The molecule has 0 spiro atoms. The summed E-state index contributed by atoms with van der Waals surface area (Å²) in [5.74, 6) is 1.25. The lowest BCUT2D eigenvalue weighted by Crippen LogP contribution is -2.32. The summed E-state index contributed by atoms with van der Waals surface area (Å²) in [4.78, 5) is 2.43. The molecule has 4 nitrogen and oxygen atoms in total. The van der Waals surface area contributed by atoms with Crippen LogP contribution >= 0.6 is 0 Å². The molecule has 1 aliphatic heterocycles. The van der Waals surface area contributed by atoms with Crippen molar-refractivity contribution in [2.75, 3.05) is 13.7 Å². The van der Waals surface area contributed by atoms with Gasteiger partial charge in [-0.1, -0.05) is 19.1 Å². The highest BCUT2D eigenvalue weighted by atomic mass is 16.5. The minimum absolute atomic E-state index is 0.430. The van der Waals surface area contributed by atoms with Gasteiger partial charge >= 0.3 is 7.12 Å². The van der Waals surface area contributed by atoms with Crippen LogP contribution in [0.2, 0.25) is 0 Å². The molecule has 1 aliphatic rings. The van der Waals surface area contributed by atoms with E-state index < -0.39 is 7.12 Å². The second kappa shape index (κ2) is 5.95. The van der Waals surface area contributed by atoms with Crippen LogP contribution in [0.5, 0.6) is 5.75 Å². The van der Waals surface area contributed by atoms with E-state index >= 15 is 0 Å². The first kappa shape index (κ1) is 14.4. The molecule has 1 aromatic carbocycles. The van der Waals surface area contributed by atoms with Crippen molar-refractivity contribution in [1.29, 1.82) is 0 Å². The van der Waals surface area contributed by atoms with Crippen molar-refractivity contribution in [2.24, 2.45) is 5.92 Å². The second-order valence-electron chi connectivity index (χ2n) is 5.57.